The lowest BCUT2D eigenvalue weighted by atomic mass is 10.2. The third kappa shape index (κ3) is 5.18. The largest absolute Gasteiger partial charge is 0.484 e. The van der Waals surface area contributed by atoms with E-state index in [1.165, 1.54) is 24.3 Å². The van der Waals surface area contributed by atoms with Crippen LogP contribution in [0.5, 0.6) is 5.75 Å². The van der Waals surface area contributed by atoms with Gasteiger partial charge in [-0.2, -0.15) is 0 Å². The van der Waals surface area contributed by atoms with Gasteiger partial charge < -0.3 is 14.5 Å². The van der Waals surface area contributed by atoms with Crippen molar-refractivity contribution in [1.29, 1.82) is 0 Å². The summed E-state index contributed by atoms with van der Waals surface area (Å²) in [6.07, 6.45) is 0. The first-order chi connectivity index (χ1) is 13.8. The van der Waals surface area contributed by atoms with Crippen molar-refractivity contribution in [2.24, 2.45) is 0 Å². The van der Waals surface area contributed by atoms with Crippen molar-refractivity contribution in [3.63, 3.8) is 0 Å². The summed E-state index contributed by atoms with van der Waals surface area (Å²) < 4.78 is 5.48. The molecule has 1 aliphatic heterocycles. The molecule has 1 saturated heterocycles. The van der Waals surface area contributed by atoms with Gasteiger partial charge in [-0.3, -0.25) is 14.9 Å². The van der Waals surface area contributed by atoms with E-state index < -0.39 is 4.92 Å². The Morgan fingerprint density at radius 2 is 1.83 bits per heavy atom. The van der Waals surface area contributed by atoms with E-state index in [0.29, 0.717) is 31.9 Å². The third-order valence-corrected chi connectivity index (χ3v) is 4.74. The average Bonchev–Trinajstić information content (AvgIpc) is 2.72. The second-order valence-corrected chi connectivity index (χ2v) is 7.29. The number of nitro groups is 1. The van der Waals surface area contributed by atoms with Gasteiger partial charge in [0, 0.05) is 56.0 Å². The van der Waals surface area contributed by atoms with Crippen LogP contribution in [-0.2, 0) is 4.79 Å². The molecule has 0 radical (unpaired) electrons. The minimum absolute atomic E-state index is 0.0135. The summed E-state index contributed by atoms with van der Waals surface area (Å²) in [6, 6.07) is 7.67. The number of piperazine rings is 1. The molecule has 0 saturated carbocycles. The summed E-state index contributed by atoms with van der Waals surface area (Å²) in [5, 5.41) is 10.7. The zero-order valence-corrected chi connectivity index (χ0v) is 16.9. The molecular formula is C20H25N5O4. The van der Waals surface area contributed by atoms with Crippen LogP contribution in [0.4, 0.5) is 11.5 Å². The molecule has 3 rings (SSSR count). The van der Waals surface area contributed by atoms with Gasteiger partial charge in [-0.05, 0) is 19.1 Å². The molecule has 9 nitrogen and oxygen atoms in total. The van der Waals surface area contributed by atoms with Crippen LogP contribution >= 0.6 is 0 Å². The van der Waals surface area contributed by atoms with E-state index in [1.807, 2.05) is 13.0 Å². The fourth-order valence-corrected chi connectivity index (χ4v) is 3.08. The maximum absolute atomic E-state index is 12.4. The van der Waals surface area contributed by atoms with Gasteiger partial charge in [-0.15, -0.1) is 0 Å². The topological polar surface area (TPSA) is 102 Å². The van der Waals surface area contributed by atoms with Crippen molar-refractivity contribution in [1.82, 2.24) is 14.9 Å². The third-order valence-electron chi connectivity index (χ3n) is 4.74. The molecule has 0 N–H and O–H groups in total. The quantitative estimate of drug-likeness (QED) is 0.543. The Morgan fingerprint density at radius 3 is 2.41 bits per heavy atom. The van der Waals surface area contributed by atoms with Gasteiger partial charge >= 0.3 is 0 Å². The number of aromatic nitrogens is 2. The first-order valence-electron chi connectivity index (χ1n) is 9.59. The number of anilines is 1. The van der Waals surface area contributed by atoms with Crippen LogP contribution < -0.4 is 9.64 Å². The minimum atomic E-state index is -0.475. The van der Waals surface area contributed by atoms with Crippen molar-refractivity contribution in [2.45, 2.75) is 26.7 Å². The van der Waals surface area contributed by atoms with Crippen LogP contribution in [0.2, 0.25) is 0 Å². The molecule has 1 aliphatic rings. The van der Waals surface area contributed by atoms with E-state index in [0.717, 1.165) is 17.3 Å². The van der Waals surface area contributed by atoms with E-state index in [2.05, 4.69) is 28.7 Å². The van der Waals surface area contributed by atoms with Crippen LogP contribution in [0.3, 0.4) is 0 Å². The van der Waals surface area contributed by atoms with Crippen molar-refractivity contribution >= 4 is 17.4 Å². The van der Waals surface area contributed by atoms with Crippen LogP contribution in [0.25, 0.3) is 0 Å². The number of nitro benzene ring substituents is 1. The Kier molecular flexibility index (Phi) is 6.26. The maximum atomic E-state index is 12.4. The SMILES string of the molecule is Cc1cc(N2CCN(C(=O)COc3ccc([N+](=O)[O-])cc3)CC2)nc(C(C)C)n1. The van der Waals surface area contributed by atoms with E-state index in [4.69, 9.17) is 4.74 Å². The molecule has 1 amide bonds. The Balaban J connectivity index is 1.52. The van der Waals surface area contributed by atoms with Crippen molar-refractivity contribution < 1.29 is 14.5 Å². The lowest BCUT2D eigenvalue weighted by Crippen LogP contribution is -2.50. The van der Waals surface area contributed by atoms with E-state index >= 15 is 0 Å². The molecule has 2 heterocycles. The number of nitrogens with zero attached hydrogens (tertiary/aromatic N) is 5. The Morgan fingerprint density at radius 1 is 1.17 bits per heavy atom. The number of non-ortho nitro benzene ring substituents is 1. The van der Waals surface area contributed by atoms with Crippen LogP contribution in [0.15, 0.2) is 30.3 Å². The summed E-state index contributed by atoms with van der Waals surface area (Å²) in [7, 11) is 0. The molecule has 1 fully saturated rings. The Labute approximate surface area is 169 Å². The predicted octanol–water partition coefficient (Wildman–Crippen LogP) is 2.54. The lowest BCUT2D eigenvalue weighted by Gasteiger charge is -2.35. The molecule has 0 unspecified atom stereocenters. The second-order valence-electron chi connectivity index (χ2n) is 7.29. The zero-order valence-electron chi connectivity index (χ0n) is 16.9. The number of carbonyl (C=O) groups is 1. The van der Waals surface area contributed by atoms with E-state index in [9.17, 15) is 14.9 Å². The van der Waals surface area contributed by atoms with Crippen LogP contribution in [0, 0.1) is 17.0 Å². The number of benzene rings is 1. The van der Waals surface area contributed by atoms with Gasteiger partial charge in [0.25, 0.3) is 11.6 Å². The molecule has 1 aromatic carbocycles. The molecule has 0 spiro atoms. The Bertz CT molecular complexity index is 877. The number of carbonyl (C=O) groups excluding carboxylic acids is 1. The fourth-order valence-electron chi connectivity index (χ4n) is 3.08. The normalized spacial score (nSPS) is 14.2. The maximum Gasteiger partial charge on any atom is 0.269 e. The summed E-state index contributed by atoms with van der Waals surface area (Å²) >= 11 is 0. The summed E-state index contributed by atoms with van der Waals surface area (Å²) in [5.74, 6) is 2.31. The molecule has 9 heteroatoms. The lowest BCUT2D eigenvalue weighted by molar-refractivity contribution is -0.384. The molecule has 154 valence electrons. The summed E-state index contributed by atoms with van der Waals surface area (Å²) in [4.78, 5) is 35.7. The molecule has 1 aromatic heterocycles. The molecule has 2 aromatic rings. The summed E-state index contributed by atoms with van der Waals surface area (Å²) in [5.41, 5.74) is 0.925. The standard InChI is InChI=1S/C20H25N5O4/c1-14(2)20-21-15(3)12-18(22-20)23-8-10-24(11-9-23)19(26)13-29-17-6-4-16(5-7-17)25(27)28/h4-7,12,14H,8-11,13H2,1-3H3. The smallest absolute Gasteiger partial charge is 0.269 e. The van der Waals surface area contributed by atoms with Crippen molar-refractivity contribution in [3.8, 4) is 5.75 Å². The van der Waals surface area contributed by atoms with Crippen LogP contribution in [-0.4, -0.2) is 58.5 Å². The van der Waals surface area contributed by atoms with Gasteiger partial charge in [0.05, 0.1) is 4.92 Å². The first-order valence-corrected chi connectivity index (χ1v) is 9.59. The van der Waals surface area contributed by atoms with Gasteiger partial charge in [0.2, 0.25) is 0 Å². The molecule has 0 bridgehead atoms. The molecule has 0 aliphatic carbocycles. The van der Waals surface area contributed by atoms with Gasteiger partial charge in [-0.1, -0.05) is 13.8 Å². The van der Waals surface area contributed by atoms with E-state index in [1.54, 1.807) is 4.90 Å². The molecule has 0 atom stereocenters. The zero-order chi connectivity index (χ0) is 21.0. The average molecular weight is 399 g/mol. The number of hydrogen-bond acceptors (Lipinski definition) is 7. The van der Waals surface area contributed by atoms with Crippen molar-refractivity contribution in [3.05, 3.63) is 52.0 Å². The second kappa shape index (κ2) is 8.85. The number of rotatable bonds is 6. The number of hydrogen-bond donors (Lipinski definition) is 0. The highest BCUT2D eigenvalue weighted by molar-refractivity contribution is 5.78. The number of amides is 1. The monoisotopic (exact) mass is 399 g/mol. The minimum Gasteiger partial charge on any atom is -0.484 e. The summed E-state index contributed by atoms with van der Waals surface area (Å²) in [6.45, 7) is 8.56. The van der Waals surface area contributed by atoms with Crippen molar-refractivity contribution in [2.75, 3.05) is 37.7 Å². The highest BCUT2D eigenvalue weighted by Gasteiger charge is 2.23. The predicted molar refractivity (Wildman–Crippen MR) is 108 cm³/mol. The molecular weight excluding hydrogens is 374 g/mol. The first kappa shape index (κ1) is 20.5. The highest BCUT2D eigenvalue weighted by Crippen LogP contribution is 2.20. The highest BCUT2D eigenvalue weighted by atomic mass is 16.6. The van der Waals surface area contributed by atoms with Crippen LogP contribution in [0.1, 0.15) is 31.3 Å². The van der Waals surface area contributed by atoms with Gasteiger partial charge in [-0.25, -0.2) is 9.97 Å². The number of ether oxygens (including phenoxy) is 1. The fraction of sp³-hybridized carbons (Fsp3) is 0.450. The number of aryl methyl sites for hydroxylation is 1. The Hall–Kier alpha value is -3.23. The molecule has 29 heavy (non-hydrogen) atoms. The van der Waals surface area contributed by atoms with E-state index in [-0.39, 0.29) is 24.1 Å². The van der Waals surface area contributed by atoms with Gasteiger partial charge in [0.15, 0.2) is 6.61 Å². The van der Waals surface area contributed by atoms with Gasteiger partial charge in [0.1, 0.15) is 17.4 Å².